The largest absolute Gasteiger partial charge is 0.482 e. The van der Waals surface area contributed by atoms with Crippen molar-refractivity contribution in [3.05, 3.63) is 89.0 Å². The molecular formula is C39H52O. The number of hydrogen-bond acceptors (Lipinski definition) is 1. The van der Waals surface area contributed by atoms with Crippen LogP contribution in [0.4, 0.5) is 0 Å². The maximum absolute atomic E-state index is 7.26. The smallest absolute Gasteiger partial charge is 0.135 e. The summed E-state index contributed by atoms with van der Waals surface area (Å²) >= 11 is 0. The first-order valence-corrected chi connectivity index (χ1v) is 16.2. The van der Waals surface area contributed by atoms with Gasteiger partial charge in [-0.3, -0.25) is 0 Å². The lowest BCUT2D eigenvalue weighted by molar-refractivity contribution is 0.0385. The minimum atomic E-state index is -0.235. The van der Waals surface area contributed by atoms with Crippen LogP contribution < -0.4 is 4.74 Å². The van der Waals surface area contributed by atoms with Crippen LogP contribution in [0.25, 0.3) is 22.8 Å². The Hall–Kier alpha value is -2.80. The first-order valence-electron chi connectivity index (χ1n) is 16.2. The van der Waals surface area contributed by atoms with Crippen molar-refractivity contribution in [1.29, 1.82) is 0 Å². The SMILES string of the molecule is CCCCCCCCC1(CCCCCCCC)Oc2cc(C=C(C)c3ccccc3)ccc2-c2ccc(C)cc21. The zero-order chi connectivity index (χ0) is 28.2. The quantitative estimate of drug-likeness (QED) is 0.131. The van der Waals surface area contributed by atoms with Gasteiger partial charge in [-0.1, -0.05) is 150 Å². The summed E-state index contributed by atoms with van der Waals surface area (Å²) in [7, 11) is 0. The van der Waals surface area contributed by atoms with E-state index >= 15 is 0 Å². The standard InChI is InChI=1S/C39H52O/c1-5-7-9-11-13-18-26-39(27-19-14-12-10-8-6-2)37-28-31(3)22-24-35(37)36-25-23-33(30-38(36)40-39)29-32(4)34-20-16-15-17-21-34/h15-17,20-25,28-30H,5-14,18-19,26-27H2,1-4H3. The van der Waals surface area contributed by atoms with Crippen molar-refractivity contribution in [3.63, 3.8) is 0 Å². The highest BCUT2D eigenvalue weighted by Crippen LogP contribution is 2.50. The van der Waals surface area contributed by atoms with Crippen molar-refractivity contribution < 1.29 is 4.74 Å². The average molecular weight is 537 g/mol. The Morgan fingerprint density at radius 3 is 1.93 bits per heavy atom. The predicted molar refractivity (Wildman–Crippen MR) is 175 cm³/mol. The van der Waals surface area contributed by atoms with Gasteiger partial charge in [0.2, 0.25) is 0 Å². The molecule has 1 aliphatic rings. The molecule has 0 saturated heterocycles. The second-order valence-electron chi connectivity index (χ2n) is 12.1. The van der Waals surface area contributed by atoms with E-state index in [1.54, 1.807) is 0 Å². The zero-order valence-corrected chi connectivity index (χ0v) is 25.7. The maximum atomic E-state index is 7.26. The molecule has 0 unspecified atom stereocenters. The van der Waals surface area contributed by atoms with E-state index in [2.05, 4.69) is 101 Å². The Kier molecular flexibility index (Phi) is 11.5. The Labute approximate surface area is 245 Å². The van der Waals surface area contributed by atoms with Gasteiger partial charge in [-0.05, 0) is 67.9 Å². The van der Waals surface area contributed by atoms with Crippen LogP contribution in [0.1, 0.15) is 133 Å². The maximum Gasteiger partial charge on any atom is 0.135 e. The van der Waals surface area contributed by atoms with Crippen molar-refractivity contribution in [3.8, 4) is 16.9 Å². The highest BCUT2D eigenvalue weighted by molar-refractivity contribution is 5.83. The van der Waals surface area contributed by atoms with Crippen molar-refractivity contribution in [1.82, 2.24) is 0 Å². The molecule has 0 fully saturated rings. The molecule has 0 spiro atoms. The molecule has 214 valence electrons. The molecule has 0 atom stereocenters. The number of rotatable bonds is 16. The number of allylic oxidation sites excluding steroid dienone is 1. The summed E-state index contributed by atoms with van der Waals surface area (Å²) in [5, 5.41) is 0. The van der Waals surface area contributed by atoms with Crippen LogP contribution in [0, 0.1) is 6.92 Å². The van der Waals surface area contributed by atoms with Gasteiger partial charge in [0.25, 0.3) is 0 Å². The lowest BCUT2D eigenvalue weighted by Gasteiger charge is -2.41. The monoisotopic (exact) mass is 536 g/mol. The Morgan fingerprint density at radius 2 is 1.27 bits per heavy atom. The molecular weight excluding hydrogens is 484 g/mol. The number of unbranched alkanes of at least 4 members (excludes halogenated alkanes) is 10. The normalized spacial score (nSPS) is 13.9. The molecule has 4 rings (SSSR count). The lowest BCUT2D eigenvalue weighted by Crippen LogP contribution is -2.36. The van der Waals surface area contributed by atoms with E-state index in [1.165, 1.54) is 116 Å². The van der Waals surface area contributed by atoms with Gasteiger partial charge in [-0.15, -0.1) is 0 Å². The van der Waals surface area contributed by atoms with E-state index in [9.17, 15) is 0 Å². The zero-order valence-electron chi connectivity index (χ0n) is 25.7. The first-order chi connectivity index (χ1) is 19.6. The van der Waals surface area contributed by atoms with Crippen molar-refractivity contribution in [2.75, 3.05) is 0 Å². The van der Waals surface area contributed by atoms with Crippen molar-refractivity contribution >= 4 is 11.6 Å². The molecule has 0 radical (unpaired) electrons. The lowest BCUT2D eigenvalue weighted by atomic mass is 9.77. The molecule has 3 aromatic carbocycles. The second-order valence-corrected chi connectivity index (χ2v) is 12.1. The van der Waals surface area contributed by atoms with Gasteiger partial charge in [0.05, 0.1) is 0 Å². The Morgan fingerprint density at radius 1 is 0.675 bits per heavy atom. The topological polar surface area (TPSA) is 9.23 Å². The van der Waals surface area contributed by atoms with Gasteiger partial charge >= 0.3 is 0 Å². The van der Waals surface area contributed by atoms with Crippen LogP contribution in [0.5, 0.6) is 5.75 Å². The fourth-order valence-corrected chi connectivity index (χ4v) is 6.38. The summed E-state index contributed by atoms with van der Waals surface area (Å²) in [6, 6.07) is 24.6. The highest BCUT2D eigenvalue weighted by atomic mass is 16.5. The van der Waals surface area contributed by atoms with Crippen LogP contribution >= 0.6 is 0 Å². The van der Waals surface area contributed by atoms with Crippen LogP contribution in [-0.4, -0.2) is 0 Å². The molecule has 0 amide bonds. The van der Waals surface area contributed by atoms with Crippen LogP contribution in [-0.2, 0) is 5.60 Å². The number of ether oxygens (including phenoxy) is 1. The molecule has 0 saturated carbocycles. The van der Waals surface area contributed by atoms with E-state index in [1.807, 2.05) is 0 Å². The van der Waals surface area contributed by atoms with Crippen molar-refractivity contribution in [2.45, 2.75) is 123 Å². The first kappa shape index (κ1) is 30.2. The molecule has 0 N–H and O–H groups in total. The molecule has 1 heteroatoms. The molecule has 1 nitrogen and oxygen atoms in total. The van der Waals surface area contributed by atoms with Crippen LogP contribution in [0.15, 0.2) is 66.7 Å². The summed E-state index contributed by atoms with van der Waals surface area (Å²) in [6.45, 7) is 9.03. The summed E-state index contributed by atoms with van der Waals surface area (Å²) in [5.74, 6) is 1.06. The third kappa shape index (κ3) is 7.90. The number of hydrogen-bond donors (Lipinski definition) is 0. The third-order valence-corrected chi connectivity index (χ3v) is 8.75. The fraction of sp³-hybridized carbons (Fsp3) is 0.487. The Bertz CT molecular complexity index is 1200. The van der Waals surface area contributed by atoms with Gasteiger partial charge in [-0.2, -0.15) is 0 Å². The summed E-state index contributed by atoms with van der Waals surface area (Å²) < 4.78 is 7.26. The van der Waals surface area contributed by atoms with E-state index in [4.69, 9.17) is 4.74 Å². The molecule has 40 heavy (non-hydrogen) atoms. The summed E-state index contributed by atoms with van der Waals surface area (Å²) in [4.78, 5) is 0. The van der Waals surface area contributed by atoms with Gasteiger partial charge < -0.3 is 4.74 Å². The minimum absolute atomic E-state index is 0.235. The Balaban J connectivity index is 1.64. The number of fused-ring (bicyclic) bond motifs is 3. The molecule has 1 heterocycles. The second kappa shape index (κ2) is 15.3. The molecule has 1 aliphatic heterocycles. The molecule has 3 aromatic rings. The predicted octanol–water partition coefficient (Wildman–Crippen LogP) is 12.3. The van der Waals surface area contributed by atoms with Gasteiger partial charge in [0.15, 0.2) is 0 Å². The van der Waals surface area contributed by atoms with E-state index in [0.29, 0.717) is 0 Å². The van der Waals surface area contributed by atoms with Crippen molar-refractivity contribution in [2.24, 2.45) is 0 Å². The molecule has 0 aliphatic carbocycles. The highest BCUT2D eigenvalue weighted by Gasteiger charge is 2.40. The molecule has 0 aromatic heterocycles. The van der Waals surface area contributed by atoms with E-state index < -0.39 is 0 Å². The minimum Gasteiger partial charge on any atom is -0.482 e. The fourth-order valence-electron chi connectivity index (χ4n) is 6.38. The van der Waals surface area contributed by atoms with Gasteiger partial charge in [0, 0.05) is 11.1 Å². The summed E-state index contributed by atoms with van der Waals surface area (Å²) in [6.07, 6.45) is 20.3. The van der Waals surface area contributed by atoms with E-state index in [0.717, 1.165) is 18.6 Å². The van der Waals surface area contributed by atoms with Gasteiger partial charge in [-0.25, -0.2) is 0 Å². The third-order valence-electron chi connectivity index (χ3n) is 8.75. The number of aryl methyl sites for hydroxylation is 1. The van der Waals surface area contributed by atoms with Crippen LogP contribution in [0.3, 0.4) is 0 Å². The van der Waals surface area contributed by atoms with E-state index in [-0.39, 0.29) is 5.60 Å². The van der Waals surface area contributed by atoms with Crippen LogP contribution in [0.2, 0.25) is 0 Å². The summed E-state index contributed by atoms with van der Waals surface area (Å²) in [5.41, 5.74) is 8.89. The average Bonchev–Trinajstić information content (AvgIpc) is 2.97. The molecule has 0 bridgehead atoms. The van der Waals surface area contributed by atoms with Gasteiger partial charge in [0.1, 0.15) is 11.4 Å². The number of benzene rings is 3.